The van der Waals surface area contributed by atoms with Gasteiger partial charge in [-0.2, -0.15) is 0 Å². The zero-order valence-electron chi connectivity index (χ0n) is 9.95. The number of aromatic amines is 1. The Bertz CT molecular complexity index is 838. The first-order valence-electron chi connectivity index (χ1n) is 5.58. The average Bonchev–Trinajstić information content (AvgIpc) is 2.76. The summed E-state index contributed by atoms with van der Waals surface area (Å²) in [7, 11) is 0. The van der Waals surface area contributed by atoms with E-state index < -0.39 is 0 Å². The summed E-state index contributed by atoms with van der Waals surface area (Å²) >= 11 is 5.82. The van der Waals surface area contributed by atoms with E-state index in [9.17, 15) is 9.18 Å². The van der Waals surface area contributed by atoms with Crippen LogP contribution in [0.4, 0.5) is 4.39 Å². The monoisotopic (exact) mass is 277 g/mol. The number of halogens is 2. The van der Waals surface area contributed by atoms with E-state index in [1.807, 2.05) is 0 Å². The molecule has 0 aliphatic heterocycles. The Morgan fingerprint density at radius 3 is 2.95 bits per heavy atom. The summed E-state index contributed by atoms with van der Waals surface area (Å²) in [6.07, 6.45) is 3.03. The quantitative estimate of drug-likeness (QED) is 0.743. The maximum absolute atomic E-state index is 13.1. The summed E-state index contributed by atoms with van der Waals surface area (Å²) in [6.45, 7) is 1.76. The molecule has 3 aromatic heterocycles. The predicted octanol–water partition coefficient (Wildman–Crippen LogP) is 2.79. The summed E-state index contributed by atoms with van der Waals surface area (Å²) < 4.78 is 14.7. The number of hydrogen-bond donors (Lipinski definition) is 1. The molecular weight excluding hydrogens is 269 g/mol. The van der Waals surface area contributed by atoms with Gasteiger partial charge in [0.25, 0.3) is 5.56 Å². The molecular formula is C13H9ClFN3O. The molecule has 0 saturated carbocycles. The first-order valence-corrected chi connectivity index (χ1v) is 5.96. The molecule has 4 nitrogen and oxygen atoms in total. The molecule has 96 valence electrons. The Kier molecular flexibility index (Phi) is 2.64. The summed E-state index contributed by atoms with van der Waals surface area (Å²) in [5, 5.41) is 0.101. The van der Waals surface area contributed by atoms with Crippen LogP contribution in [0.15, 0.2) is 35.4 Å². The van der Waals surface area contributed by atoms with Crippen molar-refractivity contribution in [2.75, 3.05) is 0 Å². The first kappa shape index (κ1) is 11.9. The number of H-pyrrole nitrogens is 1. The maximum atomic E-state index is 13.1. The molecule has 0 aromatic carbocycles. The van der Waals surface area contributed by atoms with Crippen LogP contribution in [-0.4, -0.2) is 14.4 Å². The van der Waals surface area contributed by atoms with E-state index in [2.05, 4.69) is 9.97 Å². The fraction of sp³-hybridized carbons (Fsp3) is 0.0769. The molecule has 0 radical (unpaired) electrons. The SMILES string of the molecule is Cc1[nH]c(=O)c(Cl)cc1-c1cn2cc(F)ccc2n1. The molecule has 0 atom stereocenters. The highest BCUT2D eigenvalue weighted by Gasteiger charge is 2.10. The highest BCUT2D eigenvalue weighted by molar-refractivity contribution is 6.30. The normalized spacial score (nSPS) is 11.1. The van der Waals surface area contributed by atoms with Crippen molar-refractivity contribution in [2.24, 2.45) is 0 Å². The van der Waals surface area contributed by atoms with Gasteiger partial charge in [0, 0.05) is 23.7 Å². The standard InChI is InChI=1S/C13H9ClFN3O/c1-7-9(4-10(14)13(19)16-7)11-6-18-5-8(15)2-3-12(18)17-11/h2-6H,1H3,(H,16,19). The molecule has 0 bridgehead atoms. The third-order valence-electron chi connectivity index (χ3n) is 2.88. The molecule has 1 N–H and O–H groups in total. The van der Waals surface area contributed by atoms with Crippen molar-refractivity contribution >= 4 is 17.2 Å². The molecule has 0 aliphatic carbocycles. The molecule has 0 aliphatic rings. The minimum absolute atomic E-state index is 0.101. The fourth-order valence-electron chi connectivity index (χ4n) is 1.96. The Morgan fingerprint density at radius 2 is 2.16 bits per heavy atom. The Balaban J connectivity index is 2.24. The van der Waals surface area contributed by atoms with E-state index in [0.717, 1.165) is 0 Å². The van der Waals surface area contributed by atoms with E-state index in [-0.39, 0.29) is 16.4 Å². The lowest BCUT2D eigenvalue weighted by molar-refractivity contribution is 0.619. The summed E-state index contributed by atoms with van der Waals surface area (Å²) in [4.78, 5) is 18.4. The van der Waals surface area contributed by atoms with Crippen LogP contribution < -0.4 is 5.56 Å². The molecule has 0 amide bonds. The second kappa shape index (κ2) is 4.20. The topological polar surface area (TPSA) is 50.2 Å². The summed E-state index contributed by atoms with van der Waals surface area (Å²) in [6, 6.07) is 4.49. The number of imidazole rings is 1. The van der Waals surface area contributed by atoms with Gasteiger partial charge in [0.1, 0.15) is 16.5 Å². The number of hydrogen-bond acceptors (Lipinski definition) is 2. The van der Waals surface area contributed by atoms with E-state index in [4.69, 9.17) is 11.6 Å². The zero-order valence-corrected chi connectivity index (χ0v) is 10.7. The average molecular weight is 278 g/mol. The molecule has 6 heteroatoms. The van der Waals surface area contributed by atoms with E-state index >= 15 is 0 Å². The number of nitrogens with one attached hydrogen (secondary N) is 1. The largest absolute Gasteiger partial charge is 0.325 e. The van der Waals surface area contributed by atoms with Gasteiger partial charge in [-0.05, 0) is 25.1 Å². The third-order valence-corrected chi connectivity index (χ3v) is 3.16. The van der Waals surface area contributed by atoms with Crippen molar-refractivity contribution in [2.45, 2.75) is 6.92 Å². The molecule has 19 heavy (non-hydrogen) atoms. The molecule has 0 fully saturated rings. The Labute approximate surface area is 112 Å². The van der Waals surface area contributed by atoms with E-state index in [0.29, 0.717) is 22.6 Å². The van der Waals surface area contributed by atoms with Crippen LogP contribution in [0.1, 0.15) is 5.69 Å². The molecule has 3 aromatic rings. The van der Waals surface area contributed by atoms with Gasteiger partial charge in [-0.25, -0.2) is 9.37 Å². The van der Waals surface area contributed by atoms with Gasteiger partial charge in [0.15, 0.2) is 0 Å². The van der Waals surface area contributed by atoms with Gasteiger partial charge in [0.05, 0.1) is 5.69 Å². The van der Waals surface area contributed by atoms with Crippen molar-refractivity contribution < 1.29 is 4.39 Å². The number of aromatic nitrogens is 3. The van der Waals surface area contributed by atoms with Crippen molar-refractivity contribution in [3.63, 3.8) is 0 Å². The van der Waals surface area contributed by atoms with Crippen LogP contribution >= 0.6 is 11.6 Å². The van der Waals surface area contributed by atoms with Gasteiger partial charge in [-0.1, -0.05) is 11.6 Å². The van der Waals surface area contributed by atoms with Gasteiger partial charge >= 0.3 is 0 Å². The number of aryl methyl sites for hydroxylation is 1. The summed E-state index contributed by atoms with van der Waals surface area (Å²) in [5.41, 5.74) is 2.30. The van der Waals surface area contributed by atoms with Crippen LogP contribution in [-0.2, 0) is 0 Å². The molecule has 0 unspecified atom stereocenters. The number of fused-ring (bicyclic) bond motifs is 1. The lowest BCUT2D eigenvalue weighted by Crippen LogP contribution is -2.08. The third kappa shape index (κ3) is 2.02. The second-order valence-electron chi connectivity index (χ2n) is 4.22. The van der Waals surface area contributed by atoms with Gasteiger partial charge in [-0.15, -0.1) is 0 Å². The lowest BCUT2D eigenvalue weighted by atomic mass is 10.1. The Morgan fingerprint density at radius 1 is 1.37 bits per heavy atom. The van der Waals surface area contributed by atoms with Crippen molar-refractivity contribution in [1.82, 2.24) is 14.4 Å². The van der Waals surface area contributed by atoms with Crippen molar-refractivity contribution in [3.8, 4) is 11.3 Å². The fourth-order valence-corrected chi connectivity index (χ4v) is 2.11. The highest BCUT2D eigenvalue weighted by atomic mass is 35.5. The van der Waals surface area contributed by atoms with Crippen LogP contribution in [0, 0.1) is 12.7 Å². The first-order chi connectivity index (χ1) is 9.04. The predicted molar refractivity (Wildman–Crippen MR) is 71.0 cm³/mol. The highest BCUT2D eigenvalue weighted by Crippen LogP contribution is 2.23. The zero-order chi connectivity index (χ0) is 13.6. The van der Waals surface area contributed by atoms with Crippen LogP contribution in [0.25, 0.3) is 16.9 Å². The number of pyridine rings is 2. The van der Waals surface area contributed by atoms with Crippen molar-refractivity contribution in [3.05, 3.63) is 57.5 Å². The van der Waals surface area contributed by atoms with E-state index in [1.165, 1.54) is 12.3 Å². The smallest absolute Gasteiger partial charge is 0.266 e. The minimum atomic E-state index is -0.340. The molecule has 3 rings (SSSR count). The van der Waals surface area contributed by atoms with Crippen LogP contribution in [0.5, 0.6) is 0 Å². The van der Waals surface area contributed by atoms with Crippen LogP contribution in [0.3, 0.4) is 0 Å². The molecule has 0 spiro atoms. The van der Waals surface area contributed by atoms with Crippen molar-refractivity contribution in [1.29, 1.82) is 0 Å². The Hall–Kier alpha value is -2.14. The molecule has 3 heterocycles. The van der Waals surface area contributed by atoms with E-state index in [1.54, 1.807) is 29.7 Å². The summed E-state index contributed by atoms with van der Waals surface area (Å²) in [5.74, 6) is -0.340. The maximum Gasteiger partial charge on any atom is 0.266 e. The minimum Gasteiger partial charge on any atom is -0.325 e. The molecule has 0 saturated heterocycles. The van der Waals surface area contributed by atoms with Gasteiger partial charge < -0.3 is 9.38 Å². The number of rotatable bonds is 1. The van der Waals surface area contributed by atoms with Gasteiger partial charge in [0.2, 0.25) is 0 Å². The number of nitrogens with zero attached hydrogens (tertiary/aromatic N) is 2. The van der Waals surface area contributed by atoms with Gasteiger partial charge in [-0.3, -0.25) is 4.79 Å². The lowest BCUT2D eigenvalue weighted by Gasteiger charge is -2.02. The van der Waals surface area contributed by atoms with Crippen LogP contribution in [0.2, 0.25) is 5.02 Å². The second-order valence-corrected chi connectivity index (χ2v) is 4.63.